The van der Waals surface area contributed by atoms with Crippen molar-refractivity contribution in [3.8, 4) is 5.75 Å². The number of carbonyl (C=O) groups excluding carboxylic acids is 1. The van der Waals surface area contributed by atoms with Crippen LogP contribution in [0.2, 0.25) is 0 Å². The molecule has 1 aliphatic heterocycles. The summed E-state index contributed by atoms with van der Waals surface area (Å²) in [4.78, 5) is 14.0. The maximum atomic E-state index is 12.3. The Morgan fingerprint density at radius 1 is 1.21 bits per heavy atom. The summed E-state index contributed by atoms with van der Waals surface area (Å²) in [5, 5.41) is 2.86. The molecule has 0 saturated carbocycles. The van der Waals surface area contributed by atoms with Crippen LogP contribution in [0.25, 0.3) is 0 Å². The number of likely N-dealkylation sites (N-methyl/N-ethyl adjacent to an activating group) is 1. The van der Waals surface area contributed by atoms with Crippen molar-refractivity contribution < 1.29 is 17.9 Å². The third kappa shape index (κ3) is 4.17. The molecule has 1 aliphatic rings. The lowest BCUT2D eigenvalue weighted by Crippen LogP contribution is -2.39. The molecule has 0 radical (unpaired) electrons. The predicted molar refractivity (Wildman–Crippen MR) is 107 cm³/mol. The molecule has 1 N–H and O–H groups in total. The average Bonchev–Trinajstić information content (AvgIpc) is 2.94. The van der Waals surface area contributed by atoms with Crippen molar-refractivity contribution in [2.24, 2.45) is 4.40 Å². The van der Waals surface area contributed by atoms with E-state index >= 15 is 0 Å². The van der Waals surface area contributed by atoms with E-state index in [0.717, 1.165) is 16.9 Å². The van der Waals surface area contributed by atoms with Gasteiger partial charge in [0, 0.05) is 19.2 Å². The molecule has 3 rings (SSSR count). The highest BCUT2D eigenvalue weighted by atomic mass is 32.2. The van der Waals surface area contributed by atoms with Gasteiger partial charge < -0.3 is 15.0 Å². The molecule has 0 spiro atoms. The smallest absolute Gasteiger partial charge is 0.285 e. The van der Waals surface area contributed by atoms with E-state index in [1.54, 1.807) is 37.3 Å². The van der Waals surface area contributed by atoms with Crippen LogP contribution in [0.5, 0.6) is 5.75 Å². The van der Waals surface area contributed by atoms with Crippen LogP contribution in [0.4, 0.5) is 0 Å². The molecule has 0 saturated heterocycles. The van der Waals surface area contributed by atoms with Crippen LogP contribution in [0.1, 0.15) is 16.7 Å². The first-order valence-electron chi connectivity index (χ1n) is 8.87. The van der Waals surface area contributed by atoms with Gasteiger partial charge in [-0.15, -0.1) is 4.40 Å². The van der Waals surface area contributed by atoms with E-state index in [-0.39, 0.29) is 23.2 Å². The Labute approximate surface area is 165 Å². The van der Waals surface area contributed by atoms with E-state index in [2.05, 4.69) is 9.71 Å². The van der Waals surface area contributed by atoms with Crippen molar-refractivity contribution in [1.82, 2.24) is 10.2 Å². The lowest BCUT2D eigenvalue weighted by molar-refractivity contribution is -0.121. The highest BCUT2D eigenvalue weighted by molar-refractivity contribution is 7.90. The molecule has 0 aliphatic carbocycles. The summed E-state index contributed by atoms with van der Waals surface area (Å²) >= 11 is 0. The van der Waals surface area contributed by atoms with Crippen molar-refractivity contribution in [2.75, 3.05) is 27.2 Å². The number of nitrogens with one attached hydrogen (secondary N) is 1. The molecule has 7 nitrogen and oxygen atoms in total. The number of hydrogen-bond acceptors (Lipinski definition) is 5. The molecule has 1 amide bonds. The van der Waals surface area contributed by atoms with Crippen LogP contribution in [-0.2, 0) is 21.2 Å². The van der Waals surface area contributed by atoms with Crippen LogP contribution in [0.15, 0.2) is 51.8 Å². The largest absolute Gasteiger partial charge is 0.496 e. The average molecular weight is 401 g/mol. The van der Waals surface area contributed by atoms with Crippen LogP contribution in [-0.4, -0.2) is 52.3 Å². The number of amides is 1. The highest BCUT2D eigenvalue weighted by Gasteiger charge is 2.30. The second-order valence-electron chi connectivity index (χ2n) is 6.66. The molecule has 0 atom stereocenters. The molecule has 0 unspecified atom stereocenters. The van der Waals surface area contributed by atoms with E-state index in [9.17, 15) is 13.2 Å². The van der Waals surface area contributed by atoms with Gasteiger partial charge in [0.2, 0.25) is 5.91 Å². The van der Waals surface area contributed by atoms with Crippen molar-refractivity contribution in [3.63, 3.8) is 0 Å². The van der Waals surface area contributed by atoms with E-state index in [0.29, 0.717) is 18.5 Å². The van der Waals surface area contributed by atoms with Gasteiger partial charge in [-0.3, -0.25) is 4.79 Å². The number of fused-ring (bicyclic) bond motifs is 1. The van der Waals surface area contributed by atoms with Gasteiger partial charge in [-0.25, -0.2) is 0 Å². The number of rotatable bonds is 6. The second kappa shape index (κ2) is 8.02. The standard InChI is InChI=1S/C20H23N3O4S/c1-14-8-9-17(27-3)15(12-14)10-11-21-19(24)13-23(2)20-16-6-4-5-7-18(16)28(25,26)22-20/h4-9,12H,10-11,13H2,1-3H3,(H,21,24). The summed E-state index contributed by atoms with van der Waals surface area (Å²) in [5.41, 5.74) is 2.67. The maximum Gasteiger partial charge on any atom is 0.285 e. The molecular formula is C20H23N3O4S. The second-order valence-corrected chi connectivity index (χ2v) is 8.23. The highest BCUT2D eigenvalue weighted by Crippen LogP contribution is 2.26. The van der Waals surface area contributed by atoms with E-state index in [4.69, 9.17) is 4.74 Å². The number of amidine groups is 1. The molecule has 2 aromatic rings. The summed E-state index contributed by atoms with van der Waals surface area (Å²) in [6.07, 6.45) is 0.637. The van der Waals surface area contributed by atoms with Gasteiger partial charge >= 0.3 is 0 Å². The van der Waals surface area contributed by atoms with Gasteiger partial charge in [0.15, 0.2) is 5.84 Å². The molecule has 0 aromatic heterocycles. The summed E-state index contributed by atoms with van der Waals surface area (Å²) < 4.78 is 33.5. The van der Waals surface area contributed by atoms with Crippen molar-refractivity contribution >= 4 is 21.8 Å². The first-order chi connectivity index (χ1) is 13.3. The minimum absolute atomic E-state index is 0.00758. The zero-order valence-corrected chi connectivity index (χ0v) is 16.9. The molecule has 8 heteroatoms. The number of carbonyl (C=O) groups is 1. The van der Waals surface area contributed by atoms with Gasteiger partial charge in [-0.1, -0.05) is 29.8 Å². The maximum absolute atomic E-state index is 12.3. The van der Waals surface area contributed by atoms with Crippen LogP contribution < -0.4 is 10.1 Å². The Morgan fingerprint density at radius 3 is 2.71 bits per heavy atom. The minimum atomic E-state index is -3.70. The fraction of sp³-hybridized carbons (Fsp3) is 0.300. The Morgan fingerprint density at radius 2 is 1.96 bits per heavy atom. The lowest BCUT2D eigenvalue weighted by Gasteiger charge is -2.18. The zero-order chi connectivity index (χ0) is 20.3. The number of nitrogens with zero attached hydrogens (tertiary/aromatic N) is 2. The van der Waals surface area contributed by atoms with Crippen molar-refractivity contribution in [3.05, 3.63) is 59.2 Å². The zero-order valence-electron chi connectivity index (χ0n) is 16.1. The van der Waals surface area contributed by atoms with Crippen LogP contribution in [0.3, 0.4) is 0 Å². The SMILES string of the molecule is COc1ccc(C)cc1CCNC(=O)CN(C)C1=NS(=O)(=O)c2ccccc21. The Kier molecular flexibility index (Phi) is 5.69. The molecule has 1 heterocycles. The molecule has 28 heavy (non-hydrogen) atoms. The van der Waals surface area contributed by atoms with Crippen molar-refractivity contribution in [1.29, 1.82) is 0 Å². The topological polar surface area (TPSA) is 88.1 Å². The number of aryl methyl sites for hydroxylation is 1. The van der Waals surface area contributed by atoms with Crippen LogP contribution in [0, 0.1) is 6.92 Å². The predicted octanol–water partition coefficient (Wildman–Crippen LogP) is 1.74. The Balaban J connectivity index is 1.60. The van der Waals surface area contributed by atoms with Crippen molar-refractivity contribution in [2.45, 2.75) is 18.2 Å². The van der Waals surface area contributed by atoms with Crippen LogP contribution >= 0.6 is 0 Å². The summed E-state index contributed by atoms with van der Waals surface area (Å²) in [5.74, 6) is 0.865. The van der Waals surface area contributed by atoms with E-state index in [1.807, 2.05) is 25.1 Å². The lowest BCUT2D eigenvalue weighted by atomic mass is 10.1. The molecule has 0 bridgehead atoms. The monoisotopic (exact) mass is 401 g/mol. The minimum Gasteiger partial charge on any atom is -0.496 e. The van der Waals surface area contributed by atoms with Gasteiger partial charge in [-0.05, 0) is 37.1 Å². The number of methoxy groups -OCH3 is 1. The van der Waals surface area contributed by atoms with Gasteiger partial charge in [0.1, 0.15) is 10.6 Å². The Bertz CT molecular complexity index is 1030. The third-order valence-electron chi connectivity index (χ3n) is 4.51. The Hall–Kier alpha value is -2.87. The molecule has 148 valence electrons. The summed E-state index contributed by atoms with van der Waals surface area (Å²) in [6.45, 7) is 2.46. The molecular weight excluding hydrogens is 378 g/mol. The fourth-order valence-electron chi connectivity index (χ4n) is 3.15. The number of sulfonamides is 1. The van der Waals surface area contributed by atoms with E-state index in [1.165, 1.54) is 6.07 Å². The normalized spacial score (nSPS) is 14.2. The number of hydrogen-bond donors (Lipinski definition) is 1. The van der Waals surface area contributed by atoms with Gasteiger partial charge in [0.05, 0.1) is 13.7 Å². The number of benzene rings is 2. The third-order valence-corrected chi connectivity index (χ3v) is 5.83. The van der Waals surface area contributed by atoms with Gasteiger partial charge in [-0.2, -0.15) is 8.42 Å². The molecule has 0 fully saturated rings. The summed E-state index contributed by atoms with van der Waals surface area (Å²) in [7, 11) is -0.426. The first kappa shape index (κ1) is 19.9. The summed E-state index contributed by atoms with van der Waals surface area (Å²) in [6, 6.07) is 12.5. The first-order valence-corrected chi connectivity index (χ1v) is 10.3. The fourth-order valence-corrected chi connectivity index (χ4v) is 4.40. The quantitative estimate of drug-likeness (QED) is 0.797. The van der Waals surface area contributed by atoms with E-state index < -0.39 is 10.0 Å². The number of ether oxygens (including phenoxy) is 1. The molecule has 2 aromatic carbocycles. The van der Waals surface area contributed by atoms with Gasteiger partial charge in [0.25, 0.3) is 10.0 Å².